The average molecular weight is 311 g/mol. The van der Waals surface area contributed by atoms with Crippen molar-refractivity contribution in [1.82, 2.24) is 9.97 Å². The lowest BCUT2D eigenvalue weighted by Crippen LogP contribution is -2.22. The largest absolute Gasteiger partial charge is 0.504 e. The number of hydrogen-bond acceptors (Lipinski definition) is 4. The highest BCUT2D eigenvalue weighted by Crippen LogP contribution is 2.26. The number of amides is 1. The molecule has 1 aromatic heterocycles. The molecular formula is C17H17N3O3. The van der Waals surface area contributed by atoms with Crippen LogP contribution in [0.4, 0.5) is 5.69 Å². The molecule has 23 heavy (non-hydrogen) atoms. The molecule has 6 nitrogen and oxygen atoms in total. The highest BCUT2D eigenvalue weighted by molar-refractivity contribution is 5.94. The number of aromatic hydroxyl groups is 2. The van der Waals surface area contributed by atoms with Gasteiger partial charge in [-0.3, -0.25) is 4.79 Å². The van der Waals surface area contributed by atoms with E-state index in [-0.39, 0.29) is 23.3 Å². The second-order valence-corrected chi connectivity index (χ2v) is 5.55. The van der Waals surface area contributed by atoms with Crippen molar-refractivity contribution in [3.63, 3.8) is 0 Å². The standard InChI is InChI=1S/C17H17N3O3/c1-10(6-11-2-5-15(21)16(22)7-11)17(23)20-12-3-4-13-14(8-12)19-9-18-13/h2-5,7-10,21-22H,6H2,1H3,(H,18,19)(H,20,23). The molecule has 3 aromatic rings. The van der Waals surface area contributed by atoms with Gasteiger partial charge in [0.05, 0.1) is 17.4 Å². The smallest absolute Gasteiger partial charge is 0.227 e. The van der Waals surface area contributed by atoms with Crippen LogP contribution in [0.2, 0.25) is 0 Å². The highest BCUT2D eigenvalue weighted by atomic mass is 16.3. The minimum Gasteiger partial charge on any atom is -0.504 e. The number of carbonyl (C=O) groups excluding carboxylic acids is 1. The molecule has 2 aromatic carbocycles. The zero-order chi connectivity index (χ0) is 16.4. The van der Waals surface area contributed by atoms with Gasteiger partial charge in [-0.05, 0) is 42.3 Å². The molecule has 0 aliphatic carbocycles. The van der Waals surface area contributed by atoms with Crippen molar-refractivity contribution in [1.29, 1.82) is 0 Å². The van der Waals surface area contributed by atoms with Crippen LogP contribution in [-0.2, 0) is 11.2 Å². The predicted molar refractivity (Wildman–Crippen MR) is 87.4 cm³/mol. The van der Waals surface area contributed by atoms with Crippen LogP contribution in [0.5, 0.6) is 11.5 Å². The molecule has 0 radical (unpaired) electrons. The van der Waals surface area contributed by atoms with Gasteiger partial charge in [-0.25, -0.2) is 4.98 Å². The van der Waals surface area contributed by atoms with Gasteiger partial charge in [-0.2, -0.15) is 0 Å². The summed E-state index contributed by atoms with van der Waals surface area (Å²) in [5.74, 6) is -0.744. The molecule has 0 bridgehead atoms. The number of hydrogen-bond donors (Lipinski definition) is 4. The van der Waals surface area contributed by atoms with Crippen molar-refractivity contribution in [2.24, 2.45) is 5.92 Å². The van der Waals surface area contributed by atoms with Gasteiger partial charge in [-0.1, -0.05) is 13.0 Å². The van der Waals surface area contributed by atoms with Crippen LogP contribution in [-0.4, -0.2) is 26.1 Å². The summed E-state index contributed by atoms with van der Waals surface area (Å²) in [7, 11) is 0. The molecule has 6 heteroatoms. The topological polar surface area (TPSA) is 98.2 Å². The van der Waals surface area contributed by atoms with E-state index in [1.165, 1.54) is 12.1 Å². The molecule has 0 aliphatic rings. The number of H-pyrrole nitrogens is 1. The summed E-state index contributed by atoms with van der Waals surface area (Å²) in [6.07, 6.45) is 2.07. The van der Waals surface area contributed by atoms with Crippen molar-refractivity contribution in [2.75, 3.05) is 5.32 Å². The van der Waals surface area contributed by atoms with Crippen LogP contribution in [0.3, 0.4) is 0 Å². The molecule has 0 saturated carbocycles. The van der Waals surface area contributed by atoms with Gasteiger partial charge in [0, 0.05) is 11.6 Å². The van der Waals surface area contributed by atoms with Crippen LogP contribution in [0, 0.1) is 5.92 Å². The van der Waals surface area contributed by atoms with E-state index >= 15 is 0 Å². The summed E-state index contributed by atoms with van der Waals surface area (Å²) in [4.78, 5) is 19.4. The number of nitrogens with one attached hydrogen (secondary N) is 2. The maximum absolute atomic E-state index is 12.3. The van der Waals surface area contributed by atoms with Crippen molar-refractivity contribution >= 4 is 22.6 Å². The minimum atomic E-state index is -0.281. The Bertz CT molecular complexity index is 857. The number of phenolic OH excluding ortho intramolecular Hbond substituents is 2. The molecular weight excluding hydrogens is 294 g/mol. The SMILES string of the molecule is CC(Cc1ccc(O)c(O)c1)C(=O)Nc1ccc2nc[nH]c2c1. The lowest BCUT2D eigenvalue weighted by atomic mass is 10.00. The van der Waals surface area contributed by atoms with Crippen molar-refractivity contribution in [3.05, 3.63) is 48.3 Å². The van der Waals surface area contributed by atoms with Crippen molar-refractivity contribution in [3.8, 4) is 11.5 Å². The Balaban J connectivity index is 1.67. The summed E-state index contributed by atoms with van der Waals surface area (Å²) in [5.41, 5.74) is 3.19. The summed E-state index contributed by atoms with van der Waals surface area (Å²) in [6, 6.07) is 10.1. The number of carbonyl (C=O) groups is 1. The zero-order valence-electron chi connectivity index (χ0n) is 12.6. The lowest BCUT2D eigenvalue weighted by molar-refractivity contribution is -0.119. The van der Waals surface area contributed by atoms with Crippen LogP contribution >= 0.6 is 0 Å². The van der Waals surface area contributed by atoms with Gasteiger partial charge in [-0.15, -0.1) is 0 Å². The van der Waals surface area contributed by atoms with E-state index < -0.39 is 0 Å². The Morgan fingerprint density at radius 3 is 2.83 bits per heavy atom. The fourth-order valence-corrected chi connectivity index (χ4v) is 2.42. The maximum atomic E-state index is 12.3. The number of benzene rings is 2. The highest BCUT2D eigenvalue weighted by Gasteiger charge is 2.15. The number of anilines is 1. The predicted octanol–water partition coefficient (Wildman–Crippen LogP) is 2.79. The van der Waals surface area contributed by atoms with Gasteiger partial charge in [0.15, 0.2) is 11.5 Å². The first-order chi connectivity index (χ1) is 11.0. The number of phenols is 2. The molecule has 0 fully saturated rings. The van der Waals surface area contributed by atoms with Crippen LogP contribution < -0.4 is 5.32 Å². The van der Waals surface area contributed by atoms with Crippen molar-refractivity contribution in [2.45, 2.75) is 13.3 Å². The van der Waals surface area contributed by atoms with E-state index in [0.717, 1.165) is 16.6 Å². The average Bonchev–Trinajstić information content (AvgIpc) is 2.98. The first kappa shape index (κ1) is 14.9. The number of rotatable bonds is 4. The third-order valence-electron chi connectivity index (χ3n) is 3.72. The molecule has 0 saturated heterocycles. The number of aromatic amines is 1. The van der Waals surface area contributed by atoms with E-state index in [0.29, 0.717) is 12.1 Å². The van der Waals surface area contributed by atoms with Gasteiger partial charge < -0.3 is 20.5 Å². The van der Waals surface area contributed by atoms with Gasteiger partial charge in [0.1, 0.15) is 0 Å². The molecule has 0 aliphatic heterocycles. The summed E-state index contributed by atoms with van der Waals surface area (Å²) in [5, 5.41) is 21.7. The lowest BCUT2D eigenvalue weighted by Gasteiger charge is -2.13. The number of fused-ring (bicyclic) bond motifs is 1. The fourth-order valence-electron chi connectivity index (χ4n) is 2.42. The Morgan fingerprint density at radius 2 is 2.04 bits per heavy atom. The summed E-state index contributed by atoms with van der Waals surface area (Å²) >= 11 is 0. The molecule has 0 spiro atoms. The van der Waals surface area contributed by atoms with Crippen LogP contribution in [0.15, 0.2) is 42.7 Å². The van der Waals surface area contributed by atoms with Crippen LogP contribution in [0.1, 0.15) is 12.5 Å². The zero-order valence-corrected chi connectivity index (χ0v) is 12.6. The van der Waals surface area contributed by atoms with Crippen LogP contribution in [0.25, 0.3) is 11.0 Å². The monoisotopic (exact) mass is 311 g/mol. The molecule has 1 amide bonds. The Kier molecular flexibility index (Phi) is 3.89. The van der Waals surface area contributed by atoms with Gasteiger partial charge in [0.25, 0.3) is 0 Å². The maximum Gasteiger partial charge on any atom is 0.227 e. The normalized spacial score (nSPS) is 12.2. The summed E-state index contributed by atoms with van der Waals surface area (Å²) < 4.78 is 0. The second kappa shape index (κ2) is 6.00. The number of imidazole rings is 1. The number of nitrogens with zero attached hydrogens (tertiary/aromatic N) is 1. The molecule has 1 unspecified atom stereocenters. The van der Waals surface area contributed by atoms with E-state index in [4.69, 9.17) is 0 Å². The van der Waals surface area contributed by atoms with Gasteiger partial charge >= 0.3 is 0 Å². The third kappa shape index (κ3) is 3.26. The molecule has 118 valence electrons. The first-order valence-electron chi connectivity index (χ1n) is 7.28. The quantitative estimate of drug-likeness (QED) is 0.557. The van der Waals surface area contributed by atoms with E-state index in [9.17, 15) is 15.0 Å². The van der Waals surface area contributed by atoms with Gasteiger partial charge in [0.2, 0.25) is 5.91 Å². The summed E-state index contributed by atoms with van der Waals surface area (Å²) in [6.45, 7) is 1.81. The molecule has 3 rings (SSSR count). The molecule has 4 N–H and O–H groups in total. The fraction of sp³-hybridized carbons (Fsp3) is 0.176. The van der Waals surface area contributed by atoms with E-state index in [1.807, 2.05) is 19.1 Å². The minimum absolute atomic E-state index is 0.114. The third-order valence-corrected chi connectivity index (χ3v) is 3.72. The Labute approximate surface area is 132 Å². The number of aromatic nitrogens is 2. The van der Waals surface area contributed by atoms with Crippen molar-refractivity contribution < 1.29 is 15.0 Å². The van der Waals surface area contributed by atoms with E-state index in [1.54, 1.807) is 18.5 Å². The molecule has 1 atom stereocenters. The van der Waals surface area contributed by atoms with E-state index in [2.05, 4.69) is 15.3 Å². The Hall–Kier alpha value is -3.02. The Morgan fingerprint density at radius 1 is 1.22 bits per heavy atom. The first-order valence-corrected chi connectivity index (χ1v) is 7.28. The molecule has 1 heterocycles. The second-order valence-electron chi connectivity index (χ2n) is 5.55.